The molecule has 0 bridgehead atoms. The van der Waals surface area contributed by atoms with Gasteiger partial charge in [-0.05, 0) is 131 Å². The summed E-state index contributed by atoms with van der Waals surface area (Å²) in [5.41, 5.74) is 12.1. The number of alkyl halides is 4. The molecular formula is C43H57BF5N3O4. The van der Waals surface area contributed by atoms with Crippen LogP contribution in [-0.4, -0.2) is 47.6 Å². The number of pyridine rings is 1. The zero-order chi connectivity index (χ0) is 41.8. The number of ether oxygens (including phenoxy) is 2. The standard InChI is InChI=1S/C23H25F3N2O.C20H32BF2NO3/c1-14(2)12-23(3,27)13-29-21-7-4-15(10-19(21)22(25)26)17-8-9-28-20-6-5-16(24)11-18(17)20;1-13(2)11-20(7,24)12-25-16-9-8-14(10-15(16)17(22)23)21-26-18(3,4)19(5,6)27-21/h4-11,14,22H,12-13,27H2,1-3H3;8-10,13,17H,11-12,24H2,1-7H3/t23-;20-/m10/s1. The SMILES string of the molecule is CC(C)C[C@@](C)(N)COc1ccc(-c2ccnc3ccc(F)cc23)cc1C(F)F.CC(C)C[C@](C)(N)COc1ccc(B2OC(C)(C)C(C)(C)O2)cc1C(F)F. The maximum absolute atomic E-state index is 13.7. The van der Waals surface area contributed by atoms with Gasteiger partial charge in [-0.3, -0.25) is 4.98 Å². The quantitative estimate of drug-likeness (QED) is 0.0970. The molecule has 1 aromatic heterocycles. The fourth-order valence-electron chi connectivity index (χ4n) is 6.85. The van der Waals surface area contributed by atoms with Crippen LogP contribution in [0.1, 0.15) is 106 Å². The maximum Gasteiger partial charge on any atom is 0.494 e. The number of nitrogens with two attached hydrogens (primary N) is 2. The van der Waals surface area contributed by atoms with Crippen molar-refractivity contribution in [1.82, 2.24) is 4.98 Å². The molecule has 13 heteroatoms. The second-order valence-electron chi connectivity index (χ2n) is 17.3. The molecule has 0 amide bonds. The lowest BCUT2D eigenvalue weighted by Crippen LogP contribution is -2.43. The van der Waals surface area contributed by atoms with E-state index in [2.05, 4.69) is 18.8 Å². The molecule has 3 aromatic carbocycles. The summed E-state index contributed by atoms with van der Waals surface area (Å²) in [6, 6.07) is 15.2. The van der Waals surface area contributed by atoms with Gasteiger partial charge in [0.1, 0.15) is 30.5 Å². The van der Waals surface area contributed by atoms with E-state index in [-0.39, 0.29) is 35.8 Å². The molecule has 1 saturated heterocycles. The number of hydrogen-bond donors (Lipinski definition) is 2. The molecule has 4 N–H and O–H groups in total. The Kier molecular flexibility index (Phi) is 14.3. The Labute approximate surface area is 328 Å². The van der Waals surface area contributed by atoms with Crippen LogP contribution < -0.4 is 26.4 Å². The third kappa shape index (κ3) is 11.6. The summed E-state index contributed by atoms with van der Waals surface area (Å²) in [6.07, 6.45) is -2.36. The Bertz CT molecular complexity index is 1920. The molecule has 7 nitrogen and oxygen atoms in total. The van der Waals surface area contributed by atoms with Gasteiger partial charge in [0.05, 0.1) is 27.8 Å². The van der Waals surface area contributed by atoms with Gasteiger partial charge in [0.2, 0.25) is 0 Å². The molecule has 2 atom stereocenters. The minimum Gasteiger partial charge on any atom is -0.491 e. The van der Waals surface area contributed by atoms with Gasteiger partial charge in [0, 0.05) is 22.7 Å². The van der Waals surface area contributed by atoms with Crippen molar-refractivity contribution in [2.75, 3.05) is 13.2 Å². The number of hydrogen-bond acceptors (Lipinski definition) is 7. The molecule has 56 heavy (non-hydrogen) atoms. The van der Waals surface area contributed by atoms with Crippen LogP contribution in [0.3, 0.4) is 0 Å². The summed E-state index contributed by atoms with van der Waals surface area (Å²) >= 11 is 0. The van der Waals surface area contributed by atoms with Crippen LogP contribution in [0.15, 0.2) is 66.9 Å². The van der Waals surface area contributed by atoms with Gasteiger partial charge in [0.25, 0.3) is 12.9 Å². The van der Waals surface area contributed by atoms with Gasteiger partial charge >= 0.3 is 7.12 Å². The van der Waals surface area contributed by atoms with Crippen molar-refractivity contribution in [3.8, 4) is 22.6 Å². The van der Waals surface area contributed by atoms with Crippen molar-refractivity contribution in [3.63, 3.8) is 0 Å². The molecule has 2 heterocycles. The van der Waals surface area contributed by atoms with Crippen LogP contribution in [0.4, 0.5) is 22.0 Å². The molecule has 4 aromatic rings. The fraction of sp³-hybridized carbons (Fsp3) is 0.512. The largest absolute Gasteiger partial charge is 0.494 e. The number of benzene rings is 3. The van der Waals surface area contributed by atoms with Crippen LogP contribution in [0, 0.1) is 17.7 Å². The van der Waals surface area contributed by atoms with Gasteiger partial charge in [-0.25, -0.2) is 22.0 Å². The fourth-order valence-corrected chi connectivity index (χ4v) is 6.85. The van der Waals surface area contributed by atoms with E-state index in [1.54, 1.807) is 36.5 Å². The number of rotatable bonds is 14. The minimum absolute atomic E-state index is 0.105. The molecule has 0 saturated carbocycles. The first kappa shape index (κ1) is 44.9. The first-order valence-electron chi connectivity index (χ1n) is 19.0. The van der Waals surface area contributed by atoms with Gasteiger partial charge in [0.15, 0.2) is 0 Å². The van der Waals surface area contributed by atoms with E-state index in [9.17, 15) is 22.0 Å². The average Bonchev–Trinajstić information content (AvgIpc) is 3.31. The predicted molar refractivity (Wildman–Crippen MR) is 214 cm³/mol. The van der Waals surface area contributed by atoms with E-state index >= 15 is 0 Å². The number of nitrogens with zero attached hydrogens (tertiary/aromatic N) is 1. The van der Waals surface area contributed by atoms with Crippen molar-refractivity contribution >= 4 is 23.5 Å². The Morgan fingerprint density at radius 1 is 0.714 bits per heavy atom. The summed E-state index contributed by atoms with van der Waals surface area (Å²) in [5.74, 6) is 0.599. The summed E-state index contributed by atoms with van der Waals surface area (Å²) in [6.45, 7) is 19.9. The lowest BCUT2D eigenvalue weighted by Gasteiger charge is -2.32. The molecule has 0 radical (unpaired) electrons. The molecule has 0 unspecified atom stereocenters. The first-order chi connectivity index (χ1) is 25.9. The van der Waals surface area contributed by atoms with Crippen molar-refractivity contribution in [2.45, 2.75) is 117 Å². The van der Waals surface area contributed by atoms with Gasteiger partial charge in [-0.15, -0.1) is 0 Å². The van der Waals surface area contributed by atoms with E-state index in [0.29, 0.717) is 45.7 Å². The number of aromatic nitrogens is 1. The number of fused-ring (bicyclic) bond motifs is 1. The third-order valence-corrected chi connectivity index (χ3v) is 9.92. The van der Waals surface area contributed by atoms with E-state index in [0.717, 1.165) is 6.42 Å². The van der Waals surface area contributed by atoms with Crippen LogP contribution in [-0.2, 0) is 9.31 Å². The highest BCUT2D eigenvalue weighted by molar-refractivity contribution is 6.62. The topological polar surface area (TPSA) is 102 Å². The molecule has 0 aliphatic carbocycles. The van der Waals surface area contributed by atoms with Crippen molar-refractivity contribution in [1.29, 1.82) is 0 Å². The highest BCUT2D eigenvalue weighted by Gasteiger charge is 2.52. The van der Waals surface area contributed by atoms with Gasteiger partial charge in [-0.1, -0.05) is 39.8 Å². The Balaban J connectivity index is 0.000000249. The van der Waals surface area contributed by atoms with Crippen molar-refractivity contribution < 1.29 is 40.7 Å². The van der Waals surface area contributed by atoms with E-state index in [1.807, 2.05) is 55.4 Å². The monoisotopic (exact) mass is 785 g/mol. The molecule has 1 aliphatic heterocycles. The normalized spacial score (nSPS) is 17.3. The van der Waals surface area contributed by atoms with E-state index in [1.165, 1.54) is 30.3 Å². The summed E-state index contributed by atoms with van der Waals surface area (Å²) in [7, 11) is -0.692. The Morgan fingerprint density at radius 3 is 1.71 bits per heavy atom. The molecule has 5 rings (SSSR count). The average molecular weight is 786 g/mol. The predicted octanol–water partition coefficient (Wildman–Crippen LogP) is 10.2. The van der Waals surface area contributed by atoms with Crippen molar-refractivity contribution in [2.24, 2.45) is 23.3 Å². The van der Waals surface area contributed by atoms with Gasteiger partial charge in [-0.2, -0.15) is 0 Å². The minimum atomic E-state index is -2.72. The Morgan fingerprint density at radius 2 is 1.21 bits per heavy atom. The third-order valence-electron chi connectivity index (χ3n) is 9.92. The van der Waals surface area contributed by atoms with Crippen molar-refractivity contribution in [3.05, 3.63) is 83.8 Å². The molecule has 1 fully saturated rings. The zero-order valence-electron chi connectivity index (χ0n) is 34.2. The highest BCUT2D eigenvalue weighted by Crippen LogP contribution is 2.38. The lowest BCUT2D eigenvalue weighted by atomic mass is 9.78. The molecule has 306 valence electrons. The van der Waals surface area contributed by atoms with Crippen LogP contribution >= 0.6 is 0 Å². The van der Waals surface area contributed by atoms with Crippen LogP contribution in [0.5, 0.6) is 11.5 Å². The molecule has 1 aliphatic rings. The summed E-state index contributed by atoms with van der Waals surface area (Å²) in [4.78, 5) is 4.21. The summed E-state index contributed by atoms with van der Waals surface area (Å²) in [5, 5.41) is 0.563. The summed E-state index contributed by atoms with van der Waals surface area (Å²) < 4.78 is 91.8. The van der Waals surface area contributed by atoms with Crippen LogP contribution in [0.2, 0.25) is 0 Å². The van der Waals surface area contributed by atoms with E-state index in [4.69, 9.17) is 30.2 Å². The lowest BCUT2D eigenvalue weighted by molar-refractivity contribution is 0.00578. The molecule has 0 spiro atoms. The first-order valence-corrected chi connectivity index (χ1v) is 19.0. The number of halogens is 5. The zero-order valence-corrected chi connectivity index (χ0v) is 34.2. The second-order valence-corrected chi connectivity index (χ2v) is 17.3. The molecular weight excluding hydrogens is 728 g/mol. The second kappa shape index (κ2) is 17.8. The maximum atomic E-state index is 13.7. The van der Waals surface area contributed by atoms with Crippen LogP contribution in [0.25, 0.3) is 22.0 Å². The highest BCUT2D eigenvalue weighted by atomic mass is 19.3. The smallest absolute Gasteiger partial charge is 0.491 e. The van der Waals surface area contributed by atoms with Gasteiger partial charge < -0.3 is 30.2 Å². The Hall–Kier alpha value is -3.78. The van der Waals surface area contributed by atoms with E-state index < -0.39 is 48.1 Å².